The Hall–Kier alpha value is -2.30. The van der Waals surface area contributed by atoms with Crippen molar-refractivity contribution in [2.75, 3.05) is 5.32 Å². The van der Waals surface area contributed by atoms with Gasteiger partial charge in [-0.25, -0.2) is 13.8 Å². The fourth-order valence-corrected chi connectivity index (χ4v) is 3.95. The van der Waals surface area contributed by atoms with Crippen molar-refractivity contribution >= 4 is 38.5 Å². The number of thiazole rings is 1. The number of carbonyl (C=O) groups is 2. The topological polar surface area (TPSA) is 71.1 Å². The van der Waals surface area contributed by atoms with E-state index in [0.717, 1.165) is 17.4 Å². The van der Waals surface area contributed by atoms with Crippen LogP contribution in [-0.4, -0.2) is 29.0 Å². The number of halogens is 5. The van der Waals surface area contributed by atoms with Crippen molar-refractivity contribution in [1.82, 2.24) is 10.3 Å². The molecule has 1 heterocycles. The van der Waals surface area contributed by atoms with Crippen molar-refractivity contribution in [3.8, 4) is 0 Å². The van der Waals surface area contributed by atoms with Gasteiger partial charge in [-0.3, -0.25) is 9.59 Å². The van der Waals surface area contributed by atoms with E-state index in [1.54, 1.807) is 0 Å². The molecule has 146 valence electrons. The molecule has 0 bridgehead atoms. The molecule has 5 nitrogen and oxygen atoms in total. The first kappa shape index (κ1) is 19.5. The third-order valence-corrected chi connectivity index (χ3v) is 5.20. The highest BCUT2D eigenvalue weighted by atomic mass is 32.1. The molecule has 0 aliphatic heterocycles. The summed E-state index contributed by atoms with van der Waals surface area (Å²) in [6, 6.07) is 1.02. The van der Waals surface area contributed by atoms with Crippen molar-refractivity contribution in [3.05, 3.63) is 23.8 Å². The van der Waals surface area contributed by atoms with E-state index in [-0.39, 0.29) is 21.8 Å². The van der Waals surface area contributed by atoms with Crippen LogP contribution in [0.2, 0.25) is 0 Å². The number of alkyl halides is 3. The number of rotatable bonds is 3. The van der Waals surface area contributed by atoms with Gasteiger partial charge >= 0.3 is 12.1 Å². The molecule has 1 aromatic heterocycles. The second-order valence-corrected chi connectivity index (χ2v) is 7.30. The Balaban J connectivity index is 1.65. The molecule has 0 unspecified atom stereocenters. The number of fused-ring (bicyclic) bond motifs is 1. The van der Waals surface area contributed by atoms with Crippen LogP contribution >= 0.6 is 11.3 Å². The molecule has 2 aromatic rings. The predicted octanol–water partition coefficient (Wildman–Crippen LogP) is 3.75. The van der Waals surface area contributed by atoms with Crippen LogP contribution in [0, 0.1) is 17.6 Å². The summed E-state index contributed by atoms with van der Waals surface area (Å²) in [4.78, 5) is 27.3. The van der Waals surface area contributed by atoms with Crippen LogP contribution in [0.1, 0.15) is 25.7 Å². The molecule has 2 atom stereocenters. The summed E-state index contributed by atoms with van der Waals surface area (Å²) in [5.41, 5.74) is -0.0735. The minimum Gasteiger partial charge on any atom is -0.346 e. The molecular weight excluding hydrogens is 393 g/mol. The van der Waals surface area contributed by atoms with Crippen LogP contribution in [0.5, 0.6) is 0 Å². The Morgan fingerprint density at radius 2 is 1.93 bits per heavy atom. The van der Waals surface area contributed by atoms with Crippen LogP contribution < -0.4 is 10.6 Å². The SMILES string of the molecule is O=C(Nc1nc2c(F)cc(F)cc2s1)[C@H]1CCC[C@@H](NC(=O)C(F)(F)F)C1. The quantitative estimate of drug-likeness (QED) is 0.762. The fraction of sp³-hybridized carbons (Fsp3) is 0.438. The molecule has 1 fully saturated rings. The Kier molecular flexibility index (Phi) is 5.31. The first-order valence-corrected chi connectivity index (χ1v) is 8.89. The van der Waals surface area contributed by atoms with Gasteiger partial charge in [0.1, 0.15) is 11.3 Å². The Bertz CT molecular complexity index is 883. The zero-order chi connectivity index (χ0) is 19.8. The maximum atomic E-state index is 13.7. The molecular formula is C16H14F5N3O2S. The van der Waals surface area contributed by atoms with E-state index in [1.807, 2.05) is 5.32 Å². The number of aromatic nitrogens is 1. The lowest BCUT2D eigenvalue weighted by Crippen LogP contribution is -2.46. The van der Waals surface area contributed by atoms with Gasteiger partial charge in [0.2, 0.25) is 5.91 Å². The molecule has 27 heavy (non-hydrogen) atoms. The smallest absolute Gasteiger partial charge is 0.346 e. The second kappa shape index (κ2) is 7.37. The van der Waals surface area contributed by atoms with Crippen molar-refractivity contribution in [1.29, 1.82) is 0 Å². The van der Waals surface area contributed by atoms with Crippen LogP contribution in [0.15, 0.2) is 12.1 Å². The molecule has 1 aliphatic carbocycles. The second-order valence-electron chi connectivity index (χ2n) is 6.27. The minimum absolute atomic E-state index is 0.0571. The molecule has 1 aliphatic rings. The van der Waals surface area contributed by atoms with Crippen LogP contribution in [-0.2, 0) is 9.59 Å². The number of nitrogens with zero attached hydrogens (tertiary/aromatic N) is 1. The number of anilines is 1. The molecule has 0 spiro atoms. The number of benzene rings is 1. The minimum atomic E-state index is -4.98. The average molecular weight is 407 g/mol. The highest BCUT2D eigenvalue weighted by Gasteiger charge is 2.40. The standard InChI is InChI=1S/C16H14F5N3O2S/c17-8-5-10(18)12-11(6-8)27-15(23-12)24-13(25)7-2-1-3-9(4-7)22-14(26)16(19,20)21/h5-7,9H,1-4H2,(H,22,26)(H,23,24,25)/t7-,9+/m0/s1. The molecule has 3 rings (SSSR count). The van der Waals surface area contributed by atoms with Crippen LogP contribution in [0.3, 0.4) is 0 Å². The number of hydrogen-bond donors (Lipinski definition) is 2. The first-order chi connectivity index (χ1) is 12.6. The third-order valence-electron chi connectivity index (χ3n) is 4.28. The maximum absolute atomic E-state index is 13.7. The van der Waals surface area contributed by atoms with Crippen LogP contribution in [0.25, 0.3) is 10.2 Å². The summed E-state index contributed by atoms with van der Waals surface area (Å²) in [6.45, 7) is 0. The lowest BCUT2D eigenvalue weighted by Gasteiger charge is -2.29. The van der Waals surface area contributed by atoms with Gasteiger partial charge in [0.05, 0.1) is 4.70 Å². The summed E-state index contributed by atoms with van der Waals surface area (Å²) >= 11 is 0.891. The molecule has 11 heteroatoms. The first-order valence-electron chi connectivity index (χ1n) is 8.07. The Morgan fingerprint density at radius 3 is 2.63 bits per heavy atom. The third kappa shape index (κ3) is 4.52. The van der Waals surface area contributed by atoms with Gasteiger partial charge < -0.3 is 10.6 Å². The van der Waals surface area contributed by atoms with E-state index >= 15 is 0 Å². The molecule has 1 saturated carbocycles. The van der Waals surface area contributed by atoms with Crippen molar-refractivity contribution < 1.29 is 31.5 Å². The summed E-state index contributed by atoms with van der Waals surface area (Å²) < 4.78 is 64.2. The average Bonchev–Trinajstić information content (AvgIpc) is 2.96. The normalized spacial score (nSPS) is 20.5. The summed E-state index contributed by atoms with van der Waals surface area (Å²) in [5, 5.41) is 4.46. The molecule has 1 aromatic carbocycles. The number of amides is 2. The molecule has 2 amide bonds. The van der Waals surface area contributed by atoms with Gasteiger partial charge in [0.15, 0.2) is 10.9 Å². The molecule has 0 radical (unpaired) electrons. The van der Waals surface area contributed by atoms with E-state index in [2.05, 4.69) is 10.3 Å². The Labute approximate surface area is 154 Å². The van der Waals surface area contributed by atoms with Crippen LogP contribution in [0.4, 0.5) is 27.1 Å². The number of carbonyl (C=O) groups excluding carboxylic acids is 2. The predicted molar refractivity (Wildman–Crippen MR) is 88.1 cm³/mol. The zero-order valence-electron chi connectivity index (χ0n) is 13.7. The van der Waals surface area contributed by atoms with E-state index in [4.69, 9.17) is 0 Å². The lowest BCUT2D eigenvalue weighted by molar-refractivity contribution is -0.174. The van der Waals surface area contributed by atoms with Gasteiger partial charge in [-0.1, -0.05) is 17.8 Å². The largest absolute Gasteiger partial charge is 0.471 e. The van der Waals surface area contributed by atoms with Crippen molar-refractivity contribution in [2.24, 2.45) is 5.92 Å². The van der Waals surface area contributed by atoms with Gasteiger partial charge in [-0.05, 0) is 25.3 Å². The molecule has 2 N–H and O–H groups in total. The van der Waals surface area contributed by atoms with Crippen molar-refractivity contribution in [3.63, 3.8) is 0 Å². The Morgan fingerprint density at radius 1 is 1.19 bits per heavy atom. The highest BCUT2D eigenvalue weighted by molar-refractivity contribution is 7.22. The monoisotopic (exact) mass is 407 g/mol. The van der Waals surface area contributed by atoms with Gasteiger partial charge in [0, 0.05) is 18.0 Å². The van der Waals surface area contributed by atoms with E-state index in [1.165, 1.54) is 0 Å². The van der Waals surface area contributed by atoms with E-state index < -0.39 is 41.6 Å². The maximum Gasteiger partial charge on any atom is 0.471 e. The number of hydrogen-bond acceptors (Lipinski definition) is 4. The van der Waals surface area contributed by atoms with E-state index in [0.29, 0.717) is 25.3 Å². The lowest BCUT2D eigenvalue weighted by atomic mass is 9.85. The van der Waals surface area contributed by atoms with Gasteiger partial charge in [-0.2, -0.15) is 13.2 Å². The van der Waals surface area contributed by atoms with E-state index in [9.17, 15) is 31.5 Å². The summed E-state index contributed by atoms with van der Waals surface area (Å²) in [7, 11) is 0. The van der Waals surface area contributed by atoms with Gasteiger partial charge in [-0.15, -0.1) is 0 Å². The zero-order valence-corrected chi connectivity index (χ0v) is 14.5. The highest BCUT2D eigenvalue weighted by Crippen LogP contribution is 2.31. The van der Waals surface area contributed by atoms with Gasteiger partial charge in [0.25, 0.3) is 0 Å². The van der Waals surface area contributed by atoms with Crippen molar-refractivity contribution in [2.45, 2.75) is 37.9 Å². The number of nitrogens with one attached hydrogen (secondary N) is 2. The summed E-state index contributed by atoms with van der Waals surface area (Å²) in [6.07, 6.45) is -3.66. The molecule has 0 saturated heterocycles. The summed E-state index contributed by atoms with van der Waals surface area (Å²) in [5.74, 6) is -4.75. The fourth-order valence-electron chi connectivity index (χ4n) is 3.04.